The average molecular weight is 296 g/mol. The monoisotopic (exact) mass is 296 g/mol. The molecule has 0 aliphatic rings. The van der Waals surface area contributed by atoms with Crippen LogP contribution in [0.5, 0.6) is 5.75 Å². The molecular formula is C19H17FO2. The third-order valence-corrected chi connectivity index (χ3v) is 3.55. The number of hydrogen-bond donors (Lipinski definition) is 0. The molecule has 0 saturated carbocycles. The number of hydrogen-bond acceptors (Lipinski definition) is 2. The highest BCUT2D eigenvalue weighted by Crippen LogP contribution is 2.28. The van der Waals surface area contributed by atoms with Gasteiger partial charge in [-0.15, -0.1) is 0 Å². The van der Waals surface area contributed by atoms with Crippen LogP contribution >= 0.6 is 0 Å². The fraction of sp³-hybridized carbons (Fsp3) is 0.158. The van der Waals surface area contributed by atoms with E-state index in [1.54, 1.807) is 19.2 Å². The molecule has 0 unspecified atom stereocenters. The molecule has 3 aromatic rings. The molecule has 0 heterocycles. The Balaban J connectivity index is 1.91. The van der Waals surface area contributed by atoms with Gasteiger partial charge in [-0.2, -0.15) is 0 Å². The third-order valence-electron chi connectivity index (χ3n) is 3.55. The van der Waals surface area contributed by atoms with Crippen molar-refractivity contribution >= 4 is 10.8 Å². The third kappa shape index (κ3) is 3.10. The summed E-state index contributed by atoms with van der Waals surface area (Å²) >= 11 is 0. The number of methoxy groups -OCH3 is 1. The molecule has 0 aromatic heterocycles. The summed E-state index contributed by atoms with van der Waals surface area (Å²) in [7, 11) is 1.65. The van der Waals surface area contributed by atoms with Crippen LogP contribution in [0.25, 0.3) is 21.9 Å². The lowest BCUT2D eigenvalue weighted by molar-refractivity contribution is 0.146. The lowest BCUT2D eigenvalue weighted by Crippen LogP contribution is -2.03. The SMILES string of the molecule is COCCOc1ccc2cc(-c3ccccc3F)ccc2c1. The van der Waals surface area contributed by atoms with Crippen LogP contribution in [0.3, 0.4) is 0 Å². The summed E-state index contributed by atoms with van der Waals surface area (Å²) in [6, 6.07) is 18.6. The first-order valence-corrected chi connectivity index (χ1v) is 7.18. The van der Waals surface area contributed by atoms with Gasteiger partial charge in [0.25, 0.3) is 0 Å². The van der Waals surface area contributed by atoms with Crippen molar-refractivity contribution in [3.8, 4) is 16.9 Å². The predicted molar refractivity (Wildman–Crippen MR) is 86.7 cm³/mol. The normalized spacial score (nSPS) is 10.8. The molecule has 0 aliphatic heterocycles. The van der Waals surface area contributed by atoms with Gasteiger partial charge in [0.2, 0.25) is 0 Å². The van der Waals surface area contributed by atoms with Crippen LogP contribution in [-0.2, 0) is 4.74 Å². The first-order valence-electron chi connectivity index (χ1n) is 7.18. The number of halogens is 1. The molecule has 22 heavy (non-hydrogen) atoms. The quantitative estimate of drug-likeness (QED) is 0.637. The van der Waals surface area contributed by atoms with Crippen LogP contribution in [-0.4, -0.2) is 20.3 Å². The van der Waals surface area contributed by atoms with E-state index >= 15 is 0 Å². The second-order valence-corrected chi connectivity index (χ2v) is 5.04. The molecular weight excluding hydrogens is 279 g/mol. The molecule has 112 valence electrons. The maximum atomic E-state index is 13.9. The van der Waals surface area contributed by atoms with Gasteiger partial charge in [-0.25, -0.2) is 4.39 Å². The Morgan fingerprint density at radius 3 is 2.45 bits per heavy atom. The average Bonchev–Trinajstić information content (AvgIpc) is 2.55. The minimum atomic E-state index is -0.207. The highest BCUT2D eigenvalue weighted by molar-refractivity contribution is 5.88. The summed E-state index contributed by atoms with van der Waals surface area (Å²) in [6.07, 6.45) is 0. The lowest BCUT2D eigenvalue weighted by atomic mass is 10.0. The van der Waals surface area contributed by atoms with Gasteiger partial charge in [0, 0.05) is 12.7 Å². The summed E-state index contributed by atoms with van der Waals surface area (Å²) in [4.78, 5) is 0. The van der Waals surface area contributed by atoms with Crippen molar-refractivity contribution < 1.29 is 13.9 Å². The van der Waals surface area contributed by atoms with E-state index in [-0.39, 0.29) is 5.82 Å². The van der Waals surface area contributed by atoms with E-state index in [2.05, 4.69) is 0 Å². The van der Waals surface area contributed by atoms with Crippen molar-refractivity contribution in [1.29, 1.82) is 0 Å². The minimum Gasteiger partial charge on any atom is -0.491 e. The Labute approximate surface area is 129 Å². The van der Waals surface area contributed by atoms with Crippen molar-refractivity contribution in [3.05, 3.63) is 66.5 Å². The number of benzene rings is 3. The number of fused-ring (bicyclic) bond motifs is 1. The molecule has 0 aliphatic carbocycles. The lowest BCUT2D eigenvalue weighted by Gasteiger charge is -2.08. The van der Waals surface area contributed by atoms with Gasteiger partial charge in [0.05, 0.1) is 6.61 Å². The molecule has 0 amide bonds. The van der Waals surface area contributed by atoms with Crippen LogP contribution in [0.2, 0.25) is 0 Å². The first-order chi connectivity index (χ1) is 10.8. The molecule has 3 rings (SSSR count). The van der Waals surface area contributed by atoms with Crippen LogP contribution in [0.1, 0.15) is 0 Å². The van der Waals surface area contributed by atoms with Crippen molar-refractivity contribution in [2.45, 2.75) is 0 Å². The van der Waals surface area contributed by atoms with E-state index < -0.39 is 0 Å². The molecule has 0 saturated heterocycles. The fourth-order valence-electron chi connectivity index (χ4n) is 2.42. The van der Waals surface area contributed by atoms with Gasteiger partial charge in [0.1, 0.15) is 18.2 Å². The number of rotatable bonds is 5. The molecule has 0 atom stereocenters. The smallest absolute Gasteiger partial charge is 0.131 e. The van der Waals surface area contributed by atoms with Gasteiger partial charge < -0.3 is 9.47 Å². The second kappa shape index (κ2) is 6.58. The zero-order valence-corrected chi connectivity index (χ0v) is 12.4. The van der Waals surface area contributed by atoms with Gasteiger partial charge in [-0.1, -0.05) is 36.4 Å². The summed E-state index contributed by atoms with van der Waals surface area (Å²) in [6.45, 7) is 1.08. The topological polar surface area (TPSA) is 18.5 Å². The van der Waals surface area contributed by atoms with Crippen LogP contribution in [0.4, 0.5) is 4.39 Å². The van der Waals surface area contributed by atoms with E-state index in [1.807, 2.05) is 42.5 Å². The van der Waals surface area contributed by atoms with E-state index in [0.29, 0.717) is 18.8 Å². The fourth-order valence-corrected chi connectivity index (χ4v) is 2.42. The highest BCUT2D eigenvalue weighted by atomic mass is 19.1. The summed E-state index contributed by atoms with van der Waals surface area (Å²) < 4.78 is 24.5. The van der Waals surface area contributed by atoms with Gasteiger partial charge in [-0.05, 0) is 40.6 Å². The zero-order valence-electron chi connectivity index (χ0n) is 12.4. The highest BCUT2D eigenvalue weighted by Gasteiger charge is 2.05. The molecule has 3 heteroatoms. The summed E-state index contributed by atoms with van der Waals surface area (Å²) in [5.41, 5.74) is 1.49. The van der Waals surface area contributed by atoms with Crippen LogP contribution in [0, 0.1) is 5.82 Å². The molecule has 2 nitrogen and oxygen atoms in total. The molecule has 0 radical (unpaired) electrons. The Morgan fingerprint density at radius 1 is 0.864 bits per heavy atom. The summed E-state index contributed by atoms with van der Waals surface area (Å²) in [5, 5.41) is 2.12. The van der Waals surface area contributed by atoms with Gasteiger partial charge in [-0.3, -0.25) is 0 Å². The minimum absolute atomic E-state index is 0.207. The van der Waals surface area contributed by atoms with E-state index in [1.165, 1.54) is 6.07 Å². The maximum Gasteiger partial charge on any atom is 0.131 e. The van der Waals surface area contributed by atoms with Crippen molar-refractivity contribution in [2.75, 3.05) is 20.3 Å². The maximum absolute atomic E-state index is 13.9. The molecule has 0 spiro atoms. The van der Waals surface area contributed by atoms with Crippen molar-refractivity contribution in [3.63, 3.8) is 0 Å². The van der Waals surface area contributed by atoms with Crippen LogP contribution < -0.4 is 4.74 Å². The molecule has 3 aromatic carbocycles. The van der Waals surface area contributed by atoms with Gasteiger partial charge >= 0.3 is 0 Å². The van der Waals surface area contributed by atoms with E-state index in [9.17, 15) is 4.39 Å². The van der Waals surface area contributed by atoms with E-state index in [0.717, 1.165) is 22.1 Å². The van der Waals surface area contributed by atoms with Crippen LogP contribution in [0.15, 0.2) is 60.7 Å². The predicted octanol–water partition coefficient (Wildman–Crippen LogP) is 4.67. The largest absolute Gasteiger partial charge is 0.491 e. The summed E-state index contributed by atoms with van der Waals surface area (Å²) in [5.74, 6) is 0.601. The Hall–Kier alpha value is -2.39. The second-order valence-electron chi connectivity index (χ2n) is 5.04. The van der Waals surface area contributed by atoms with Gasteiger partial charge in [0.15, 0.2) is 0 Å². The Bertz CT molecular complexity index is 783. The first kappa shape index (κ1) is 14.5. The van der Waals surface area contributed by atoms with E-state index in [4.69, 9.17) is 9.47 Å². The molecule has 0 bridgehead atoms. The van der Waals surface area contributed by atoms with Crippen molar-refractivity contribution in [2.24, 2.45) is 0 Å². The Morgan fingerprint density at radius 2 is 1.64 bits per heavy atom. The Kier molecular flexibility index (Phi) is 4.35. The molecule has 0 N–H and O–H groups in total. The number of ether oxygens (including phenoxy) is 2. The molecule has 0 fully saturated rings. The standard InChI is InChI=1S/C19H17FO2/c1-21-10-11-22-17-9-8-14-12-16(7-6-15(14)13-17)18-4-2-3-5-19(18)20/h2-9,12-13H,10-11H2,1H3. The van der Waals surface area contributed by atoms with Crippen molar-refractivity contribution in [1.82, 2.24) is 0 Å². The zero-order chi connectivity index (χ0) is 15.4.